The van der Waals surface area contributed by atoms with Crippen LogP contribution in [0.1, 0.15) is 31.7 Å². The Bertz CT molecular complexity index is 451. The smallest absolute Gasteiger partial charge is 0.322 e. The zero-order valence-electron chi connectivity index (χ0n) is 12.2. The number of halogens is 1. The number of ether oxygens (including phenoxy) is 1. The molecule has 0 bridgehead atoms. The molecule has 0 aromatic carbocycles. The minimum absolute atomic E-state index is 0.317. The number of esters is 1. The van der Waals surface area contributed by atoms with Crippen LogP contribution in [-0.2, 0) is 28.8 Å². The Hall–Kier alpha value is -0.530. The molecule has 7 heteroatoms. The van der Waals surface area contributed by atoms with Crippen molar-refractivity contribution in [1.82, 2.24) is 9.78 Å². The Morgan fingerprint density at radius 2 is 2.25 bits per heavy atom. The van der Waals surface area contributed by atoms with Gasteiger partial charge in [-0.2, -0.15) is 16.9 Å². The summed E-state index contributed by atoms with van der Waals surface area (Å²) < 4.78 is 7.87. The largest absolute Gasteiger partial charge is 0.465 e. The van der Waals surface area contributed by atoms with Crippen LogP contribution < -0.4 is 5.73 Å². The lowest BCUT2D eigenvalue weighted by molar-refractivity contribution is -0.144. The van der Waals surface area contributed by atoms with Crippen LogP contribution in [0, 0.1) is 0 Å². The van der Waals surface area contributed by atoms with Crippen LogP contribution in [0.5, 0.6) is 0 Å². The lowest BCUT2D eigenvalue weighted by Crippen LogP contribution is -2.32. The van der Waals surface area contributed by atoms with Crippen molar-refractivity contribution in [2.45, 2.75) is 38.5 Å². The maximum absolute atomic E-state index is 11.4. The van der Waals surface area contributed by atoms with Gasteiger partial charge < -0.3 is 10.5 Å². The number of hydrogen-bond donors (Lipinski definition) is 1. The van der Waals surface area contributed by atoms with Gasteiger partial charge in [-0.05, 0) is 41.4 Å². The van der Waals surface area contributed by atoms with Gasteiger partial charge in [-0.1, -0.05) is 6.92 Å². The second-order valence-electron chi connectivity index (χ2n) is 4.38. The Morgan fingerprint density at radius 3 is 2.80 bits per heavy atom. The van der Waals surface area contributed by atoms with Crippen molar-refractivity contribution in [3.8, 4) is 0 Å². The third-order valence-electron chi connectivity index (χ3n) is 2.90. The van der Waals surface area contributed by atoms with Gasteiger partial charge in [0.25, 0.3) is 0 Å². The van der Waals surface area contributed by atoms with E-state index in [2.05, 4.69) is 28.0 Å². The van der Waals surface area contributed by atoms with Crippen LogP contribution >= 0.6 is 27.7 Å². The lowest BCUT2D eigenvalue weighted by Gasteiger charge is -2.10. The van der Waals surface area contributed by atoms with Crippen molar-refractivity contribution < 1.29 is 9.53 Å². The van der Waals surface area contributed by atoms with Crippen LogP contribution in [-0.4, -0.2) is 34.2 Å². The summed E-state index contributed by atoms with van der Waals surface area (Å²) in [5.74, 6) is 1.35. The van der Waals surface area contributed by atoms with Gasteiger partial charge in [0.15, 0.2) is 0 Å². The molecule has 1 rings (SSSR count). The Morgan fingerprint density at radius 1 is 1.55 bits per heavy atom. The number of aromatic nitrogens is 2. The highest BCUT2D eigenvalue weighted by Crippen LogP contribution is 2.25. The topological polar surface area (TPSA) is 70.1 Å². The number of thioether (sulfide) groups is 1. The molecule has 0 spiro atoms. The molecule has 1 heterocycles. The lowest BCUT2D eigenvalue weighted by atomic mass is 10.2. The summed E-state index contributed by atoms with van der Waals surface area (Å²) in [4.78, 5) is 11.4. The molecule has 1 aromatic rings. The number of carbonyl (C=O) groups is 1. The second kappa shape index (κ2) is 8.69. The van der Waals surface area contributed by atoms with Crippen LogP contribution in [0.4, 0.5) is 0 Å². The fourth-order valence-corrected chi connectivity index (χ4v) is 3.75. The maximum atomic E-state index is 11.4. The summed E-state index contributed by atoms with van der Waals surface area (Å²) in [7, 11) is 1.95. The van der Waals surface area contributed by atoms with E-state index in [0.29, 0.717) is 13.0 Å². The molecule has 0 aliphatic rings. The Balaban J connectivity index is 2.38. The first kappa shape index (κ1) is 17.5. The molecule has 1 atom stereocenters. The van der Waals surface area contributed by atoms with E-state index in [1.54, 1.807) is 18.7 Å². The fraction of sp³-hybridized carbons (Fsp3) is 0.692. The molecule has 114 valence electrons. The molecule has 0 aliphatic carbocycles. The van der Waals surface area contributed by atoms with Gasteiger partial charge in [-0.3, -0.25) is 9.48 Å². The Kier molecular flexibility index (Phi) is 7.61. The van der Waals surface area contributed by atoms with Crippen molar-refractivity contribution in [3.05, 3.63) is 15.9 Å². The zero-order valence-corrected chi connectivity index (χ0v) is 14.6. The quantitative estimate of drug-likeness (QED) is 0.566. The molecule has 2 N–H and O–H groups in total. The highest BCUT2D eigenvalue weighted by molar-refractivity contribution is 9.10. The SMILES string of the molecule is CCOC(=O)C(N)CCSCc1c(Br)c(CC)nn1C. The van der Waals surface area contributed by atoms with E-state index in [9.17, 15) is 4.79 Å². The number of rotatable bonds is 8. The first-order valence-corrected chi connectivity index (χ1v) is 8.66. The standard InChI is InChI=1S/C13H22BrN3O2S/c1-4-10-12(14)11(17(3)16-10)8-20-7-6-9(15)13(18)19-5-2/h9H,4-8,15H2,1-3H3. The third-order valence-corrected chi connectivity index (χ3v) is 4.82. The van der Waals surface area contributed by atoms with E-state index in [4.69, 9.17) is 10.5 Å². The van der Waals surface area contributed by atoms with Crippen LogP contribution in [0.3, 0.4) is 0 Å². The van der Waals surface area contributed by atoms with Gasteiger partial charge in [-0.15, -0.1) is 0 Å². The molecular formula is C13H22BrN3O2S. The Labute approximate surface area is 132 Å². The molecule has 0 amide bonds. The van der Waals surface area contributed by atoms with Gasteiger partial charge in [0.05, 0.1) is 22.5 Å². The zero-order chi connectivity index (χ0) is 15.1. The number of aryl methyl sites for hydroxylation is 2. The molecular weight excluding hydrogens is 342 g/mol. The van der Waals surface area contributed by atoms with Gasteiger partial charge in [-0.25, -0.2) is 0 Å². The molecule has 0 aliphatic heterocycles. The third kappa shape index (κ3) is 4.79. The summed E-state index contributed by atoms with van der Waals surface area (Å²) in [5.41, 5.74) is 7.99. The minimum Gasteiger partial charge on any atom is -0.465 e. The van der Waals surface area contributed by atoms with Crippen LogP contribution in [0.15, 0.2) is 4.47 Å². The number of hydrogen-bond acceptors (Lipinski definition) is 5. The van der Waals surface area contributed by atoms with E-state index in [1.165, 1.54) is 0 Å². The second-order valence-corrected chi connectivity index (χ2v) is 6.28. The fourth-order valence-electron chi connectivity index (χ4n) is 1.72. The van der Waals surface area contributed by atoms with Gasteiger partial charge >= 0.3 is 5.97 Å². The summed E-state index contributed by atoms with van der Waals surface area (Å²) in [6, 6.07) is -0.524. The number of nitrogens with zero attached hydrogens (tertiary/aromatic N) is 2. The van der Waals surface area contributed by atoms with Crippen molar-refractivity contribution in [2.24, 2.45) is 12.8 Å². The monoisotopic (exact) mass is 363 g/mol. The number of nitrogens with two attached hydrogens (primary N) is 1. The average molecular weight is 364 g/mol. The van der Waals surface area contributed by atoms with E-state index in [1.807, 2.05) is 11.7 Å². The molecule has 1 unspecified atom stereocenters. The summed E-state index contributed by atoms with van der Waals surface area (Å²) in [5, 5.41) is 4.45. The molecule has 0 radical (unpaired) electrons. The van der Waals surface area contributed by atoms with Crippen molar-refractivity contribution in [2.75, 3.05) is 12.4 Å². The molecule has 1 aromatic heterocycles. The molecule has 0 saturated heterocycles. The predicted molar refractivity (Wildman–Crippen MR) is 85.7 cm³/mol. The minimum atomic E-state index is -0.524. The first-order chi connectivity index (χ1) is 9.51. The average Bonchev–Trinajstić information content (AvgIpc) is 2.70. The molecule has 20 heavy (non-hydrogen) atoms. The van der Waals surface area contributed by atoms with Gasteiger partial charge in [0.1, 0.15) is 6.04 Å². The van der Waals surface area contributed by atoms with Gasteiger partial charge in [0, 0.05) is 12.8 Å². The van der Waals surface area contributed by atoms with Gasteiger partial charge in [0.2, 0.25) is 0 Å². The highest BCUT2D eigenvalue weighted by atomic mass is 79.9. The summed E-state index contributed by atoms with van der Waals surface area (Å²) in [6.45, 7) is 4.24. The van der Waals surface area contributed by atoms with Crippen molar-refractivity contribution in [1.29, 1.82) is 0 Å². The normalized spacial score (nSPS) is 12.4. The van der Waals surface area contributed by atoms with E-state index in [0.717, 1.165) is 33.8 Å². The highest BCUT2D eigenvalue weighted by Gasteiger charge is 2.15. The van der Waals surface area contributed by atoms with Crippen molar-refractivity contribution >= 4 is 33.7 Å². The molecule has 0 fully saturated rings. The molecule has 5 nitrogen and oxygen atoms in total. The predicted octanol–water partition coefficient (Wildman–Crippen LogP) is 2.26. The van der Waals surface area contributed by atoms with E-state index < -0.39 is 6.04 Å². The van der Waals surface area contributed by atoms with E-state index in [-0.39, 0.29) is 5.97 Å². The maximum Gasteiger partial charge on any atom is 0.322 e. The van der Waals surface area contributed by atoms with E-state index >= 15 is 0 Å². The first-order valence-electron chi connectivity index (χ1n) is 6.71. The number of carbonyl (C=O) groups excluding carboxylic acids is 1. The van der Waals surface area contributed by atoms with Crippen LogP contribution in [0.25, 0.3) is 0 Å². The summed E-state index contributed by atoms with van der Waals surface area (Å²) in [6.07, 6.45) is 1.53. The van der Waals surface area contributed by atoms with Crippen molar-refractivity contribution in [3.63, 3.8) is 0 Å². The van der Waals surface area contributed by atoms with Crippen LogP contribution in [0.2, 0.25) is 0 Å². The molecule has 0 saturated carbocycles. The summed E-state index contributed by atoms with van der Waals surface area (Å²) >= 11 is 5.34.